The molecule has 4 heteroatoms. The quantitative estimate of drug-likeness (QED) is 0.892. The summed E-state index contributed by atoms with van der Waals surface area (Å²) in [6.07, 6.45) is 0. The minimum absolute atomic E-state index is 0.107. The normalized spacial score (nSPS) is 15.2. The molecule has 102 valence electrons. The van der Waals surface area contributed by atoms with Crippen molar-refractivity contribution in [3.63, 3.8) is 0 Å². The Morgan fingerprint density at radius 3 is 2.22 bits per heavy atom. The zero-order chi connectivity index (χ0) is 13.8. The number of rotatable bonds is 5. The smallest absolute Gasteiger partial charge is 0.118 e. The molecule has 1 aromatic rings. The molecule has 0 aliphatic carbocycles. The van der Waals surface area contributed by atoms with Crippen LogP contribution < -0.4 is 10.1 Å². The van der Waals surface area contributed by atoms with E-state index in [0.717, 1.165) is 11.3 Å². The zero-order valence-corrected chi connectivity index (χ0v) is 12.6. The molecule has 1 rings (SSSR count). The molecule has 0 aliphatic rings. The first kappa shape index (κ1) is 15.2. The molecule has 0 heterocycles. The second kappa shape index (κ2) is 6.34. The second-order valence-corrected chi connectivity index (χ2v) is 7.49. The van der Waals surface area contributed by atoms with E-state index in [4.69, 9.17) is 4.74 Å². The molecular formula is C14H23NO2S. The molecule has 0 amide bonds. The van der Waals surface area contributed by atoms with Gasteiger partial charge < -0.3 is 10.1 Å². The lowest BCUT2D eigenvalue weighted by Crippen LogP contribution is -2.31. The first-order valence-corrected chi connectivity index (χ1v) is 7.40. The summed E-state index contributed by atoms with van der Waals surface area (Å²) >= 11 is 0. The van der Waals surface area contributed by atoms with Crippen LogP contribution in [-0.2, 0) is 10.8 Å². The van der Waals surface area contributed by atoms with Gasteiger partial charge in [-0.25, -0.2) is 0 Å². The fraction of sp³-hybridized carbons (Fsp3) is 0.571. The SMILES string of the molecule is CNC(CS(=O)C(C)(C)C)c1ccc(OC)cc1. The number of methoxy groups -OCH3 is 1. The van der Waals surface area contributed by atoms with Gasteiger partial charge in [0.05, 0.1) is 7.11 Å². The molecule has 1 aromatic carbocycles. The summed E-state index contributed by atoms with van der Waals surface area (Å²) in [6.45, 7) is 6.01. The summed E-state index contributed by atoms with van der Waals surface area (Å²) in [7, 11) is 2.68. The summed E-state index contributed by atoms with van der Waals surface area (Å²) in [5.41, 5.74) is 1.14. The van der Waals surface area contributed by atoms with Crippen molar-refractivity contribution < 1.29 is 8.95 Å². The van der Waals surface area contributed by atoms with Gasteiger partial charge in [0.15, 0.2) is 0 Å². The first-order valence-electron chi connectivity index (χ1n) is 6.08. The highest BCUT2D eigenvalue weighted by atomic mass is 32.2. The van der Waals surface area contributed by atoms with Crippen molar-refractivity contribution in [1.82, 2.24) is 5.32 Å². The van der Waals surface area contributed by atoms with Crippen molar-refractivity contribution in [2.24, 2.45) is 0 Å². The fourth-order valence-corrected chi connectivity index (χ4v) is 2.75. The average molecular weight is 269 g/mol. The molecule has 0 fully saturated rings. The molecule has 0 bridgehead atoms. The minimum atomic E-state index is -0.869. The Morgan fingerprint density at radius 1 is 1.28 bits per heavy atom. The first-order chi connectivity index (χ1) is 8.38. The molecule has 2 atom stereocenters. The van der Waals surface area contributed by atoms with Gasteiger partial charge in [-0.15, -0.1) is 0 Å². The minimum Gasteiger partial charge on any atom is -0.497 e. The third-order valence-corrected chi connectivity index (χ3v) is 4.87. The van der Waals surface area contributed by atoms with Gasteiger partial charge in [0, 0.05) is 27.3 Å². The van der Waals surface area contributed by atoms with E-state index in [1.807, 2.05) is 52.1 Å². The van der Waals surface area contributed by atoms with Crippen LogP contribution in [0.15, 0.2) is 24.3 Å². The van der Waals surface area contributed by atoms with Crippen molar-refractivity contribution in [2.45, 2.75) is 31.6 Å². The molecule has 0 radical (unpaired) electrons. The van der Waals surface area contributed by atoms with Crippen LogP contribution in [0, 0.1) is 0 Å². The molecule has 2 unspecified atom stereocenters. The summed E-state index contributed by atoms with van der Waals surface area (Å²) in [5.74, 6) is 1.46. The standard InChI is InChI=1S/C14H23NO2S/c1-14(2,3)18(16)10-13(15-4)11-6-8-12(17-5)9-7-11/h6-9,13,15H,10H2,1-5H3. The van der Waals surface area contributed by atoms with Crippen LogP contribution in [0.4, 0.5) is 0 Å². The maximum atomic E-state index is 12.2. The Balaban J connectivity index is 2.80. The van der Waals surface area contributed by atoms with E-state index in [0.29, 0.717) is 5.75 Å². The highest BCUT2D eigenvalue weighted by Crippen LogP contribution is 2.21. The lowest BCUT2D eigenvalue weighted by molar-refractivity contribution is 0.414. The van der Waals surface area contributed by atoms with Gasteiger partial charge in [0.25, 0.3) is 0 Å². The van der Waals surface area contributed by atoms with E-state index < -0.39 is 10.8 Å². The van der Waals surface area contributed by atoms with Crippen LogP contribution in [0.5, 0.6) is 5.75 Å². The number of ether oxygens (including phenoxy) is 1. The van der Waals surface area contributed by atoms with Crippen LogP contribution >= 0.6 is 0 Å². The van der Waals surface area contributed by atoms with Gasteiger partial charge in [0.2, 0.25) is 0 Å². The van der Waals surface area contributed by atoms with Gasteiger partial charge >= 0.3 is 0 Å². The van der Waals surface area contributed by atoms with Gasteiger partial charge in [-0.1, -0.05) is 12.1 Å². The Bertz CT molecular complexity index is 395. The van der Waals surface area contributed by atoms with Gasteiger partial charge in [-0.05, 0) is 45.5 Å². The number of hydrogen-bond donors (Lipinski definition) is 1. The van der Waals surface area contributed by atoms with Crippen molar-refractivity contribution in [1.29, 1.82) is 0 Å². The predicted octanol–water partition coefficient (Wildman–Crippen LogP) is 2.50. The summed E-state index contributed by atoms with van der Waals surface area (Å²) in [6, 6.07) is 8.00. The summed E-state index contributed by atoms with van der Waals surface area (Å²) < 4.78 is 17.1. The topological polar surface area (TPSA) is 38.3 Å². The highest BCUT2D eigenvalue weighted by molar-refractivity contribution is 7.86. The zero-order valence-electron chi connectivity index (χ0n) is 11.8. The van der Waals surface area contributed by atoms with E-state index in [2.05, 4.69) is 5.32 Å². The van der Waals surface area contributed by atoms with E-state index in [-0.39, 0.29) is 10.8 Å². The highest BCUT2D eigenvalue weighted by Gasteiger charge is 2.23. The van der Waals surface area contributed by atoms with Crippen LogP contribution in [0.1, 0.15) is 32.4 Å². The largest absolute Gasteiger partial charge is 0.497 e. The maximum Gasteiger partial charge on any atom is 0.118 e. The van der Waals surface area contributed by atoms with Crippen molar-refractivity contribution in [2.75, 3.05) is 19.9 Å². The van der Waals surface area contributed by atoms with Gasteiger partial charge in [-0.3, -0.25) is 4.21 Å². The molecule has 18 heavy (non-hydrogen) atoms. The van der Waals surface area contributed by atoms with Crippen LogP contribution in [0.2, 0.25) is 0 Å². The second-order valence-electron chi connectivity index (χ2n) is 5.24. The maximum absolute atomic E-state index is 12.2. The predicted molar refractivity (Wildman–Crippen MR) is 77.6 cm³/mol. The van der Waals surface area contributed by atoms with Crippen LogP contribution in [-0.4, -0.2) is 28.9 Å². The summed E-state index contributed by atoms with van der Waals surface area (Å²) in [5, 5.41) is 3.22. The number of benzene rings is 1. The van der Waals surface area contributed by atoms with Crippen molar-refractivity contribution in [3.05, 3.63) is 29.8 Å². The van der Waals surface area contributed by atoms with E-state index in [9.17, 15) is 4.21 Å². The van der Waals surface area contributed by atoms with Crippen molar-refractivity contribution >= 4 is 10.8 Å². The lowest BCUT2D eigenvalue weighted by atomic mass is 10.1. The molecule has 0 aliphatic heterocycles. The summed E-state index contributed by atoms with van der Waals surface area (Å²) in [4.78, 5) is 0. The van der Waals surface area contributed by atoms with Crippen LogP contribution in [0.25, 0.3) is 0 Å². The fourth-order valence-electron chi connectivity index (χ4n) is 1.58. The Hall–Kier alpha value is -0.870. The molecule has 1 N–H and O–H groups in total. The molecule has 0 saturated heterocycles. The lowest BCUT2D eigenvalue weighted by Gasteiger charge is -2.23. The number of nitrogens with one attached hydrogen (secondary N) is 1. The Labute approximate surface area is 112 Å². The Kier molecular flexibility index (Phi) is 5.35. The average Bonchev–Trinajstić information content (AvgIpc) is 2.34. The molecule has 3 nitrogen and oxygen atoms in total. The molecule has 0 aromatic heterocycles. The number of hydrogen-bond acceptors (Lipinski definition) is 3. The molecular weight excluding hydrogens is 246 g/mol. The molecule has 0 saturated carbocycles. The molecule has 0 spiro atoms. The Morgan fingerprint density at radius 2 is 1.83 bits per heavy atom. The van der Waals surface area contributed by atoms with Crippen LogP contribution in [0.3, 0.4) is 0 Å². The van der Waals surface area contributed by atoms with E-state index >= 15 is 0 Å². The van der Waals surface area contributed by atoms with Gasteiger partial charge in [-0.2, -0.15) is 0 Å². The van der Waals surface area contributed by atoms with E-state index in [1.165, 1.54) is 0 Å². The van der Waals surface area contributed by atoms with Gasteiger partial charge in [0.1, 0.15) is 5.75 Å². The van der Waals surface area contributed by atoms with E-state index in [1.54, 1.807) is 7.11 Å². The monoisotopic (exact) mass is 269 g/mol. The third-order valence-electron chi connectivity index (χ3n) is 2.87. The van der Waals surface area contributed by atoms with Crippen molar-refractivity contribution in [3.8, 4) is 5.75 Å². The third kappa shape index (κ3) is 4.10.